The molecule has 2 nitrogen and oxygen atoms in total. The molecule has 2 aliphatic carbocycles. The molecule has 0 saturated heterocycles. The van der Waals surface area contributed by atoms with Crippen molar-refractivity contribution in [3.8, 4) is 0 Å². The maximum Gasteiger partial charge on any atom is 0.0280 e. The molecule has 0 spiro atoms. The summed E-state index contributed by atoms with van der Waals surface area (Å²) in [5, 5.41) is 3.62. The van der Waals surface area contributed by atoms with Gasteiger partial charge in [-0.2, -0.15) is 0 Å². The van der Waals surface area contributed by atoms with Gasteiger partial charge in [0.25, 0.3) is 0 Å². The third-order valence-corrected chi connectivity index (χ3v) is 4.68. The molecular formula is C13H26N2. The smallest absolute Gasteiger partial charge is 0.0280 e. The highest BCUT2D eigenvalue weighted by atomic mass is 15.0. The first kappa shape index (κ1) is 11.4. The Morgan fingerprint density at radius 1 is 1.40 bits per heavy atom. The highest BCUT2D eigenvalue weighted by molar-refractivity contribution is 4.97. The predicted molar refractivity (Wildman–Crippen MR) is 64.8 cm³/mol. The minimum Gasteiger partial charge on any atom is -0.324 e. The van der Waals surface area contributed by atoms with Crippen LogP contribution in [0.2, 0.25) is 0 Å². The molecule has 2 saturated carbocycles. The Morgan fingerprint density at radius 2 is 2.07 bits per heavy atom. The molecule has 0 aliphatic heterocycles. The van der Waals surface area contributed by atoms with Crippen molar-refractivity contribution in [1.82, 2.24) is 5.32 Å². The lowest BCUT2D eigenvalue weighted by Gasteiger charge is -2.42. The van der Waals surface area contributed by atoms with Crippen molar-refractivity contribution in [2.24, 2.45) is 17.1 Å². The summed E-state index contributed by atoms with van der Waals surface area (Å²) in [6.45, 7) is 6.71. The molecule has 0 aromatic rings. The maximum absolute atomic E-state index is 6.29. The van der Waals surface area contributed by atoms with Gasteiger partial charge in [0.15, 0.2) is 0 Å². The van der Waals surface area contributed by atoms with E-state index < -0.39 is 0 Å². The van der Waals surface area contributed by atoms with E-state index in [2.05, 4.69) is 19.2 Å². The zero-order valence-corrected chi connectivity index (χ0v) is 10.3. The van der Waals surface area contributed by atoms with Crippen LogP contribution in [0.5, 0.6) is 0 Å². The zero-order chi connectivity index (χ0) is 10.9. The first-order valence-electron chi connectivity index (χ1n) is 6.58. The van der Waals surface area contributed by atoms with E-state index in [4.69, 9.17) is 5.73 Å². The Bertz CT molecular complexity index is 207. The van der Waals surface area contributed by atoms with Crippen molar-refractivity contribution in [2.45, 2.75) is 57.9 Å². The minimum absolute atomic E-state index is 0.0404. The number of nitrogens with two attached hydrogens (primary N) is 1. The zero-order valence-electron chi connectivity index (χ0n) is 10.3. The van der Waals surface area contributed by atoms with Gasteiger partial charge >= 0.3 is 0 Å². The van der Waals surface area contributed by atoms with Crippen molar-refractivity contribution >= 4 is 0 Å². The van der Waals surface area contributed by atoms with Crippen molar-refractivity contribution < 1.29 is 0 Å². The second-order valence-electron chi connectivity index (χ2n) is 6.09. The fraction of sp³-hybridized carbons (Fsp3) is 1.00. The van der Waals surface area contributed by atoms with Crippen molar-refractivity contribution in [1.29, 1.82) is 0 Å². The van der Waals surface area contributed by atoms with E-state index in [1.807, 2.05) is 0 Å². The molecule has 2 rings (SSSR count). The topological polar surface area (TPSA) is 38.0 Å². The van der Waals surface area contributed by atoms with Gasteiger partial charge in [-0.15, -0.1) is 0 Å². The van der Waals surface area contributed by atoms with Crippen LogP contribution in [0.25, 0.3) is 0 Å². The highest BCUT2D eigenvalue weighted by Gasteiger charge is 2.39. The molecule has 0 radical (unpaired) electrons. The highest BCUT2D eigenvalue weighted by Crippen LogP contribution is 2.43. The molecule has 0 aromatic carbocycles. The monoisotopic (exact) mass is 210 g/mol. The molecule has 2 heteroatoms. The summed E-state index contributed by atoms with van der Waals surface area (Å²) in [5.74, 6) is 0.781. The lowest BCUT2D eigenvalue weighted by atomic mass is 9.67. The Balaban J connectivity index is 1.69. The van der Waals surface area contributed by atoms with Gasteiger partial charge in [0.05, 0.1) is 0 Å². The molecule has 1 atom stereocenters. The third-order valence-electron chi connectivity index (χ3n) is 4.68. The van der Waals surface area contributed by atoms with E-state index in [0.29, 0.717) is 5.41 Å². The summed E-state index contributed by atoms with van der Waals surface area (Å²) in [6, 6.07) is 0. The Hall–Kier alpha value is -0.0800. The molecule has 2 fully saturated rings. The van der Waals surface area contributed by atoms with E-state index >= 15 is 0 Å². The van der Waals surface area contributed by atoms with E-state index in [0.717, 1.165) is 12.5 Å². The second kappa shape index (κ2) is 4.06. The van der Waals surface area contributed by atoms with Gasteiger partial charge in [-0.3, -0.25) is 0 Å². The molecule has 1 unspecified atom stereocenters. The van der Waals surface area contributed by atoms with Crippen LogP contribution < -0.4 is 11.1 Å². The molecule has 0 amide bonds. The predicted octanol–water partition coefficient (Wildman–Crippen LogP) is 2.28. The van der Waals surface area contributed by atoms with E-state index in [-0.39, 0.29) is 5.54 Å². The first-order chi connectivity index (χ1) is 7.08. The second-order valence-corrected chi connectivity index (χ2v) is 6.09. The van der Waals surface area contributed by atoms with Gasteiger partial charge in [-0.1, -0.05) is 13.3 Å². The van der Waals surface area contributed by atoms with Gasteiger partial charge in [-0.25, -0.2) is 0 Å². The largest absolute Gasteiger partial charge is 0.324 e. The van der Waals surface area contributed by atoms with Crippen LogP contribution in [0.1, 0.15) is 52.4 Å². The lowest BCUT2D eigenvalue weighted by Crippen LogP contribution is -2.51. The summed E-state index contributed by atoms with van der Waals surface area (Å²) in [7, 11) is 0. The van der Waals surface area contributed by atoms with Crippen LogP contribution in [0, 0.1) is 11.3 Å². The SMILES string of the molecule is CCC1(CNCC(C)(N)C2CC2)CCC1. The molecule has 88 valence electrons. The first-order valence-corrected chi connectivity index (χ1v) is 6.58. The normalized spacial score (nSPS) is 28.2. The summed E-state index contributed by atoms with van der Waals surface area (Å²) in [6.07, 6.45) is 8.27. The standard InChI is InChI=1S/C13H26N2/c1-3-13(7-4-8-13)10-15-9-12(2,14)11-5-6-11/h11,15H,3-10,14H2,1-2H3. The Labute approximate surface area is 94.0 Å². The number of rotatable bonds is 6. The van der Waals surface area contributed by atoms with Crippen LogP contribution in [-0.4, -0.2) is 18.6 Å². The fourth-order valence-corrected chi connectivity index (χ4v) is 2.82. The van der Waals surface area contributed by atoms with Crippen LogP contribution in [0.15, 0.2) is 0 Å². The minimum atomic E-state index is 0.0404. The van der Waals surface area contributed by atoms with E-state index in [1.54, 1.807) is 0 Å². The average Bonchev–Trinajstić information content (AvgIpc) is 2.92. The van der Waals surface area contributed by atoms with Crippen LogP contribution in [0.3, 0.4) is 0 Å². The third kappa shape index (κ3) is 2.54. The average molecular weight is 210 g/mol. The summed E-state index contributed by atoms with van der Waals surface area (Å²) in [5.41, 5.74) is 6.95. The van der Waals surface area contributed by atoms with Crippen LogP contribution in [-0.2, 0) is 0 Å². The molecule has 0 bridgehead atoms. The van der Waals surface area contributed by atoms with Gasteiger partial charge in [0, 0.05) is 18.6 Å². The van der Waals surface area contributed by atoms with E-state index in [9.17, 15) is 0 Å². The van der Waals surface area contributed by atoms with Crippen molar-refractivity contribution in [3.63, 3.8) is 0 Å². The fourth-order valence-electron chi connectivity index (χ4n) is 2.82. The summed E-state index contributed by atoms with van der Waals surface area (Å²) < 4.78 is 0. The lowest BCUT2D eigenvalue weighted by molar-refractivity contribution is 0.121. The van der Waals surface area contributed by atoms with Gasteiger partial charge in [0.2, 0.25) is 0 Å². The van der Waals surface area contributed by atoms with Gasteiger partial charge in [0.1, 0.15) is 0 Å². The van der Waals surface area contributed by atoms with Crippen LogP contribution in [0.4, 0.5) is 0 Å². The number of hydrogen-bond donors (Lipinski definition) is 2. The molecule has 3 N–H and O–H groups in total. The maximum atomic E-state index is 6.29. The number of nitrogens with one attached hydrogen (secondary N) is 1. The quantitative estimate of drug-likeness (QED) is 0.706. The molecule has 0 aromatic heterocycles. The van der Waals surface area contributed by atoms with Crippen LogP contribution >= 0.6 is 0 Å². The Kier molecular flexibility index (Phi) is 3.09. The van der Waals surface area contributed by atoms with Crippen molar-refractivity contribution in [2.75, 3.05) is 13.1 Å². The number of hydrogen-bond acceptors (Lipinski definition) is 2. The summed E-state index contributed by atoms with van der Waals surface area (Å²) in [4.78, 5) is 0. The summed E-state index contributed by atoms with van der Waals surface area (Å²) >= 11 is 0. The van der Waals surface area contributed by atoms with E-state index in [1.165, 1.54) is 45.1 Å². The molecule has 0 heterocycles. The molecule has 2 aliphatic rings. The van der Waals surface area contributed by atoms with Crippen molar-refractivity contribution in [3.05, 3.63) is 0 Å². The Morgan fingerprint density at radius 3 is 2.47 bits per heavy atom. The van der Waals surface area contributed by atoms with Gasteiger partial charge < -0.3 is 11.1 Å². The molecular weight excluding hydrogens is 184 g/mol. The van der Waals surface area contributed by atoms with Gasteiger partial charge in [-0.05, 0) is 50.4 Å². The molecule has 15 heavy (non-hydrogen) atoms.